The number of nitrogens with zero attached hydrogens (tertiary/aromatic N) is 4. The molecule has 4 aromatic rings. The van der Waals surface area contributed by atoms with Gasteiger partial charge in [0.25, 0.3) is 0 Å². The third kappa shape index (κ3) is 6.30. The Kier molecular flexibility index (Phi) is 8.15. The normalized spacial score (nSPS) is 22.5. The number of fused-ring (bicyclic) bond motifs is 6. The molecule has 52 heavy (non-hydrogen) atoms. The number of carbonyl (C=O) groups is 2. The van der Waals surface area contributed by atoms with Crippen LogP contribution in [0.25, 0.3) is 33.2 Å². The minimum Gasteiger partial charge on any atom is -0.488 e. The molecule has 4 aliphatic rings. The second-order valence-electron chi connectivity index (χ2n) is 17.1. The summed E-state index contributed by atoms with van der Waals surface area (Å²) in [4.78, 5) is 43.3. The number of benzene rings is 3. The maximum atomic E-state index is 13.2. The first-order chi connectivity index (χ1) is 24.6. The molecule has 1 N–H and O–H groups in total. The largest absolute Gasteiger partial charge is 0.488 e. The Balaban J connectivity index is 1.03. The van der Waals surface area contributed by atoms with Gasteiger partial charge < -0.3 is 19.2 Å². The lowest BCUT2D eigenvalue weighted by Crippen LogP contribution is -2.43. The highest BCUT2D eigenvalue weighted by molar-refractivity contribution is 6.06. The van der Waals surface area contributed by atoms with Gasteiger partial charge in [0.2, 0.25) is 0 Å². The third-order valence-corrected chi connectivity index (χ3v) is 10.6. The van der Waals surface area contributed by atoms with Gasteiger partial charge in [-0.05, 0) is 131 Å². The lowest BCUT2D eigenvalue weighted by molar-refractivity contribution is 0.0150. The van der Waals surface area contributed by atoms with Gasteiger partial charge >= 0.3 is 12.2 Å². The molecule has 272 valence electrons. The first-order valence-corrected chi connectivity index (χ1v) is 18.6. The summed E-state index contributed by atoms with van der Waals surface area (Å²) < 4.78 is 17.9. The molecule has 0 unspecified atom stereocenters. The van der Waals surface area contributed by atoms with Crippen molar-refractivity contribution in [2.45, 2.75) is 117 Å². The molecule has 1 aromatic heterocycles. The zero-order chi connectivity index (χ0) is 36.7. The molecule has 0 aliphatic carbocycles. The van der Waals surface area contributed by atoms with Gasteiger partial charge in [-0.25, -0.2) is 14.6 Å². The lowest BCUT2D eigenvalue weighted by atomic mass is 9.90. The van der Waals surface area contributed by atoms with E-state index in [-0.39, 0.29) is 30.3 Å². The number of H-pyrrole nitrogens is 1. The van der Waals surface area contributed by atoms with Crippen molar-refractivity contribution in [1.82, 2.24) is 19.8 Å². The molecule has 4 atom stereocenters. The van der Waals surface area contributed by atoms with Crippen molar-refractivity contribution in [3.63, 3.8) is 0 Å². The highest BCUT2D eigenvalue weighted by Crippen LogP contribution is 2.45. The fraction of sp³-hybridized carbons (Fsp3) is 0.476. The van der Waals surface area contributed by atoms with Crippen LogP contribution in [0, 0.1) is 5.92 Å². The number of imidazole rings is 1. The van der Waals surface area contributed by atoms with E-state index in [1.807, 2.05) is 57.5 Å². The van der Waals surface area contributed by atoms with E-state index < -0.39 is 11.2 Å². The summed E-state index contributed by atoms with van der Waals surface area (Å²) in [5, 5.41) is 2.27. The molecule has 0 spiro atoms. The van der Waals surface area contributed by atoms with Crippen molar-refractivity contribution >= 4 is 34.4 Å². The van der Waals surface area contributed by atoms with Gasteiger partial charge in [-0.1, -0.05) is 25.1 Å². The molecule has 5 heterocycles. The number of likely N-dealkylation sites (tertiary alicyclic amines) is 2. The van der Waals surface area contributed by atoms with Crippen LogP contribution in [0.2, 0.25) is 0 Å². The Hall–Kier alpha value is -4.86. The van der Waals surface area contributed by atoms with Crippen molar-refractivity contribution in [2.75, 3.05) is 6.54 Å². The van der Waals surface area contributed by atoms with Crippen LogP contribution in [0.4, 0.5) is 15.3 Å². The minimum atomic E-state index is -0.562. The summed E-state index contributed by atoms with van der Waals surface area (Å²) in [6.45, 7) is 16.8. The van der Waals surface area contributed by atoms with E-state index in [4.69, 9.17) is 24.2 Å². The van der Waals surface area contributed by atoms with E-state index in [0.29, 0.717) is 25.5 Å². The molecule has 2 fully saturated rings. The quantitative estimate of drug-likeness (QED) is 0.228. The van der Waals surface area contributed by atoms with Gasteiger partial charge in [-0.2, -0.15) is 0 Å². The summed E-state index contributed by atoms with van der Waals surface area (Å²) in [6.07, 6.45) is 4.59. The molecule has 3 aromatic carbocycles. The molecular formula is C42H49N5O5. The Morgan fingerprint density at radius 3 is 2.44 bits per heavy atom. The Labute approximate surface area is 305 Å². The van der Waals surface area contributed by atoms with Crippen LogP contribution in [-0.4, -0.2) is 67.5 Å². The molecule has 10 heteroatoms. The molecule has 2 amide bonds. The zero-order valence-corrected chi connectivity index (χ0v) is 31.5. The number of rotatable bonds is 3. The van der Waals surface area contributed by atoms with Gasteiger partial charge in [0, 0.05) is 30.3 Å². The van der Waals surface area contributed by atoms with Crippen LogP contribution >= 0.6 is 0 Å². The van der Waals surface area contributed by atoms with Crippen molar-refractivity contribution in [1.29, 1.82) is 0 Å². The fourth-order valence-electron chi connectivity index (χ4n) is 8.30. The molecule has 0 saturated carbocycles. The molecule has 0 bridgehead atoms. The van der Waals surface area contributed by atoms with Crippen LogP contribution < -0.4 is 4.74 Å². The first-order valence-electron chi connectivity index (χ1n) is 18.6. The monoisotopic (exact) mass is 703 g/mol. The van der Waals surface area contributed by atoms with Crippen molar-refractivity contribution in [3.8, 4) is 28.1 Å². The van der Waals surface area contributed by atoms with Crippen LogP contribution in [0.3, 0.4) is 0 Å². The van der Waals surface area contributed by atoms with Crippen LogP contribution in [-0.2, 0) is 22.5 Å². The SMILES string of the molecule is C[C@H]1C[C@@H](C2=Nc3ccc4cc5c(cc4c3C2)OCc2cc(-c3cnc([C@@H]4CC[C@H](C)N4C(=O)OC(C)(C)C)[nH]3)ccc2-5)N(C(=O)OC(C)(C)C)C1. The third-order valence-electron chi connectivity index (χ3n) is 10.6. The highest BCUT2D eigenvalue weighted by Gasteiger charge is 2.41. The summed E-state index contributed by atoms with van der Waals surface area (Å²) in [6, 6.07) is 15.0. The van der Waals surface area contributed by atoms with Crippen molar-refractivity contribution < 1.29 is 23.8 Å². The molecule has 0 radical (unpaired) electrons. The number of amides is 2. The Morgan fingerprint density at radius 1 is 0.904 bits per heavy atom. The summed E-state index contributed by atoms with van der Waals surface area (Å²) >= 11 is 0. The molecule has 8 rings (SSSR count). The lowest BCUT2D eigenvalue weighted by Gasteiger charge is -2.30. The van der Waals surface area contributed by atoms with Gasteiger partial charge in [-0.3, -0.25) is 14.8 Å². The fourth-order valence-corrected chi connectivity index (χ4v) is 8.30. The predicted molar refractivity (Wildman–Crippen MR) is 202 cm³/mol. The maximum Gasteiger partial charge on any atom is 0.411 e. The second kappa shape index (κ2) is 12.4. The summed E-state index contributed by atoms with van der Waals surface area (Å²) in [5.41, 5.74) is 7.30. The predicted octanol–water partition coefficient (Wildman–Crippen LogP) is 9.52. The molecule has 4 aliphatic heterocycles. The number of aliphatic imine (C=N–C) groups is 1. The molecular weight excluding hydrogens is 654 g/mol. The van der Waals surface area contributed by atoms with E-state index in [1.165, 1.54) is 5.56 Å². The van der Waals surface area contributed by atoms with Crippen LogP contribution in [0.1, 0.15) is 97.6 Å². The molecule has 10 nitrogen and oxygen atoms in total. The van der Waals surface area contributed by atoms with Gasteiger partial charge in [0.15, 0.2) is 0 Å². The van der Waals surface area contributed by atoms with Gasteiger partial charge in [-0.15, -0.1) is 0 Å². The Bertz CT molecular complexity index is 2120. The topological polar surface area (TPSA) is 109 Å². The Morgan fingerprint density at radius 2 is 1.67 bits per heavy atom. The van der Waals surface area contributed by atoms with E-state index >= 15 is 0 Å². The number of ether oxygens (including phenoxy) is 3. The number of nitrogens with one attached hydrogen (secondary N) is 1. The minimum absolute atomic E-state index is 0.0705. The first kappa shape index (κ1) is 34.2. The van der Waals surface area contributed by atoms with E-state index in [2.05, 4.69) is 61.3 Å². The average Bonchev–Trinajstić information content (AvgIpc) is 3.87. The number of aromatic nitrogens is 2. The maximum absolute atomic E-state index is 13.2. The van der Waals surface area contributed by atoms with Crippen LogP contribution in [0.15, 0.2) is 53.7 Å². The van der Waals surface area contributed by atoms with E-state index in [0.717, 1.165) is 81.0 Å². The number of hydrogen-bond donors (Lipinski definition) is 1. The average molecular weight is 704 g/mol. The number of hydrogen-bond acceptors (Lipinski definition) is 7. The van der Waals surface area contributed by atoms with E-state index in [1.54, 1.807) is 0 Å². The van der Waals surface area contributed by atoms with Crippen molar-refractivity contribution in [3.05, 3.63) is 65.6 Å². The standard InChI is InChI=1S/C42H49N5O5/c1-23-15-36(46(21-23)39(48)51-41(3,4)5)33-18-30-29-19-37-31(17-25(29)11-13-32(30)44-33)28-12-10-26(16-27(28)22-50-37)34-20-43-38(45-34)35-14-9-24(2)47(35)40(49)52-42(6,7)8/h10-13,16-17,19-20,23-24,35-36H,9,14-15,18,21-22H2,1-8H3,(H,43,45)/t23-,24-,35-,36-/m0/s1. The van der Waals surface area contributed by atoms with Crippen molar-refractivity contribution in [2.24, 2.45) is 10.9 Å². The number of aromatic amines is 1. The van der Waals surface area contributed by atoms with Crippen LogP contribution in [0.5, 0.6) is 5.75 Å². The zero-order valence-electron chi connectivity index (χ0n) is 31.5. The summed E-state index contributed by atoms with van der Waals surface area (Å²) in [7, 11) is 0. The van der Waals surface area contributed by atoms with E-state index in [9.17, 15) is 9.59 Å². The summed E-state index contributed by atoms with van der Waals surface area (Å²) in [5.74, 6) is 2.01. The molecule has 2 saturated heterocycles. The second-order valence-corrected chi connectivity index (χ2v) is 17.1. The smallest absolute Gasteiger partial charge is 0.411 e. The van der Waals surface area contributed by atoms with Gasteiger partial charge in [0.1, 0.15) is 29.4 Å². The highest BCUT2D eigenvalue weighted by atomic mass is 16.6. The number of carbonyl (C=O) groups excluding carboxylic acids is 2. The van der Waals surface area contributed by atoms with Gasteiger partial charge in [0.05, 0.1) is 29.7 Å².